The van der Waals surface area contributed by atoms with Crippen molar-refractivity contribution in [1.29, 1.82) is 0 Å². The van der Waals surface area contributed by atoms with Gasteiger partial charge < -0.3 is 19.7 Å². The van der Waals surface area contributed by atoms with Gasteiger partial charge in [-0.25, -0.2) is 0 Å². The van der Waals surface area contributed by atoms with Gasteiger partial charge in [-0.1, -0.05) is 43.5 Å². The van der Waals surface area contributed by atoms with Crippen LogP contribution in [0.4, 0.5) is 0 Å². The van der Waals surface area contributed by atoms with Crippen LogP contribution < -0.4 is 14.8 Å². The maximum atomic E-state index is 13.3. The van der Waals surface area contributed by atoms with Gasteiger partial charge in [0, 0.05) is 12.6 Å². The molecule has 1 saturated carbocycles. The van der Waals surface area contributed by atoms with Crippen LogP contribution in [0.1, 0.15) is 50.2 Å². The van der Waals surface area contributed by atoms with E-state index >= 15 is 0 Å². The third-order valence-corrected chi connectivity index (χ3v) is 6.12. The van der Waals surface area contributed by atoms with Gasteiger partial charge in [-0.15, -0.1) is 0 Å². The van der Waals surface area contributed by atoms with Gasteiger partial charge in [-0.05, 0) is 55.2 Å². The first-order valence-corrected chi connectivity index (χ1v) is 11.4. The SMILES string of the molecule is COc1ccc(CC(=O)N(Cc2cccc(OC)c2)C(C)C(=O)NC2CCCCC2)cc1. The smallest absolute Gasteiger partial charge is 0.242 e. The van der Waals surface area contributed by atoms with Gasteiger partial charge in [0.15, 0.2) is 0 Å². The van der Waals surface area contributed by atoms with Crippen molar-refractivity contribution in [1.82, 2.24) is 10.2 Å². The molecule has 0 bridgehead atoms. The minimum Gasteiger partial charge on any atom is -0.497 e. The number of nitrogens with zero attached hydrogens (tertiary/aromatic N) is 1. The Bertz CT molecular complexity index is 891. The van der Waals surface area contributed by atoms with Crippen molar-refractivity contribution in [3.63, 3.8) is 0 Å². The molecule has 1 N–H and O–H groups in total. The van der Waals surface area contributed by atoms with E-state index in [9.17, 15) is 9.59 Å². The van der Waals surface area contributed by atoms with Crippen LogP contribution in [-0.2, 0) is 22.6 Å². The zero-order valence-corrected chi connectivity index (χ0v) is 19.3. The number of rotatable bonds is 9. The highest BCUT2D eigenvalue weighted by atomic mass is 16.5. The van der Waals surface area contributed by atoms with E-state index in [1.165, 1.54) is 6.42 Å². The summed E-state index contributed by atoms with van der Waals surface area (Å²) >= 11 is 0. The van der Waals surface area contributed by atoms with Crippen molar-refractivity contribution in [2.75, 3.05) is 14.2 Å². The lowest BCUT2D eigenvalue weighted by atomic mass is 9.95. The summed E-state index contributed by atoms with van der Waals surface area (Å²) in [5.74, 6) is 1.28. The lowest BCUT2D eigenvalue weighted by Crippen LogP contribution is -2.50. The van der Waals surface area contributed by atoms with Crippen molar-refractivity contribution < 1.29 is 19.1 Å². The van der Waals surface area contributed by atoms with Crippen LogP contribution in [-0.4, -0.2) is 43.0 Å². The predicted octanol–water partition coefficient (Wildman–Crippen LogP) is 4.11. The molecule has 2 aromatic rings. The van der Waals surface area contributed by atoms with Crippen molar-refractivity contribution >= 4 is 11.8 Å². The molecule has 32 heavy (non-hydrogen) atoms. The van der Waals surface area contributed by atoms with Gasteiger partial charge in [-0.2, -0.15) is 0 Å². The molecule has 0 saturated heterocycles. The summed E-state index contributed by atoms with van der Waals surface area (Å²) in [5.41, 5.74) is 1.80. The first-order valence-electron chi connectivity index (χ1n) is 11.4. The van der Waals surface area contributed by atoms with E-state index < -0.39 is 6.04 Å². The van der Waals surface area contributed by atoms with Crippen LogP contribution in [0.2, 0.25) is 0 Å². The molecule has 1 aliphatic rings. The minimum atomic E-state index is -0.575. The van der Waals surface area contributed by atoms with Crippen LogP contribution in [0.15, 0.2) is 48.5 Å². The Hall–Kier alpha value is -3.02. The van der Waals surface area contributed by atoms with Crippen molar-refractivity contribution in [2.24, 2.45) is 0 Å². The van der Waals surface area contributed by atoms with Gasteiger partial charge in [-0.3, -0.25) is 9.59 Å². The Balaban J connectivity index is 1.76. The highest BCUT2D eigenvalue weighted by Crippen LogP contribution is 2.20. The van der Waals surface area contributed by atoms with Crippen LogP contribution in [0, 0.1) is 0 Å². The number of hydrogen-bond acceptors (Lipinski definition) is 4. The molecular formula is C26H34N2O4. The van der Waals surface area contributed by atoms with E-state index in [1.807, 2.05) is 55.5 Å². The molecule has 6 nitrogen and oxygen atoms in total. The Morgan fingerprint density at radius 3 is 2.31 bits per heavy atom. The van der Waals surface area contributed by atoms with Crippen molar-refractivity contribution in [3.05, 3.63) is 59.7 Å². The van der Waals surface area contributed by atoms with E-state index in [2.05, 4.69) is 5.32 Å². The molecule has 1 unspecified atom stereocenters. The van der Waals surface area contributed by atoms with E-state index in [-0.39, 0.29) is 24.3 Å². The highest BCUT2D eigenvalue weighted by Gasteiger charge is 2.28. The standard InChI is InChI=1S/C26H34N2O4/c1-19(26(30)27-22-9-5-4-6-10-22)28(18-21-8-7-11-24(16-21)32-3)25(29)17-20-12-14-23(31-2)15-13-20/h7-8,11-16,19,22H,4-6,9-10,17-18H2,1-3H3,(H,27,30). The molecule has 2 aromatic carbocycles. The third kappa shape index (κ3) is 6.49. The Kier molecular flexibility index (Phi) is 8.54. The summed E-state index contributed by atoms with van der Waals surface area (Å²) in [6.45, 7) is 2.15. The van der Waals surface area contributed by atoms with E-state index in [0.29, 0.717) is 6.54 Å². The number of hydrogen-bond donors (Lipinski definition) is 1. The maximum absolute atomic E-state index is 13.3. The van der Waals surface area contributed by atoms with Crippen molar-refractivity contribution in [2.45, 2.75) is 64.1 Å². The molecule has 1 aliphatic carbocycles. The molecule has 0 aromatic heterocycles. The fourth-order valence-corrected chi connectivity index (χ4v) is 4.14. The topological polar surface area (TPSA) is 67.9 Å². The molecule has 3 rings (SSSR count). The average molecular weight is 439 g/mol. The zero-order valence-electron chi connectivity index (χ0n) is 19.3. The van der Waals surface area contributed by atoms with Gasteiger partial charge in [0.05, 0.1) is 20.6 Å². The number of methoxy groups -OCH3 is 2. The first-order chi connectivity index (χ1) is 15.5. The predicted molar refractivity (Wildman–Crippen MR) is 125 cm³/mol. The molecule has 1 fully saturated rings. The summed E-state index contributed by atoms with van der Waals surface area (Å²) in [6, 6.07) is 14.7. The normalized spacial score (nSPS) is 15.0. The number of nitrogens with one attached hydrogen (secondary N) is 1. The number of carbonyl (C=O) groups excluding carboxylic acids is 2. The van der Waals surface area contributed by atoms with Crippen molar-refractivity contribution in [3.8, 4) is 11.5 Å². The second kappa shape index (κ2) is 11.6. The quantitative estimate of drug-likeness (QED) is 0.640. The van der Waals surface area contributed by atoms with Crippen LogP contribution in [0.25, 0.3) is 0 Å². The molecule has 0 radical (unpaired) electrons. The van der Waals surface area contributed by atoms with Gasteiger partial charge >= 0.3 is 0 Å². The van der Waals surface area contributed by atoms with E-state index in [1.54, 1.807) is 19.1 Å². The summed E-state index contributed by atoms with van der Waals surface area (Å²) in [7, 11) is 3.23. The Labute approximate surface area is 190 Å². The highest BCUT2D eigenvalue weighted by molar-refractivity contribution is 5.88. The molecule has 0 aliphatic heterocycles. The fraction of sp³-hybridized carbons (Fsp3) is 0.462. The molecule has 0 spiro atoms. The van der Waals surface area contributed by atoms with Gasteiger partial charge in [0.1, 0.15) is 17.5 Å². The summed E-state index contributed by atoms with van der Waals surface area (Å²) < 4.78 is 10.5. The lowest BCUT2D eigenvalue weighted by molar-refractivity contribution is -0.140. The van der Waals surface area contributed by atoms with E-state index in [4.69, 9.17) is 9.47 Å². The summed E-state index contributed by atoms with van der Waals surface area (Å²) in [6.07, 6.45) is 5.74. The number of amides is 2. The molecule has 6 heteroatoms. The number of ether oxygens (including phenoxy) is 2. The zero-order chi connectivity index (χ0) is 22.9. The van der Waals surface area contributed by atoms with Crippen LogP contribution >= 0.6 is 0 Å². The van der Waals surface area contributed by atoms with Gasteiger partial charge in [0.25, 0.3) is 0 Å². The second-order valence-corrected chi connectivity index (χ2v) is 8.42. The van der Waals surface area contributed by atoms with E-state index in [0.717, 1.165) is 48.3 Å². The maximum Gasteiger partial charge on any atom is 0.242 e. The Morgan fingerprint density at radius 2 is 1.66 bits per heavy atom. The lowest BCUT2D eigenvalue weighted by Gasteiger charge is -2.31. The monoisotopic (exact) mass is 438 g/mol. The average Bonchev–Trinajstić information content (AvgIpc) is 2.83. The summed E-state index contributed by atoms with van der Waals surface area (Å²) in [5, 5.41) is 3.17. The summed E-state index contributed by atoms with van der Waals surface area (Å²) in [4.78, 5) is 28.1. The second-order valence-electron chi connectivity index (χ2n) is 8.42. The van der Waals surface area contributed by atoms with Crippen LogP contribution in [0.5, 0.6) is 11.5 Å². The molecular weight excluding hydrogens is 404 g/mol. The molecule has 2 amide bonds. The largest absolute Gasteiger partial charge is 0.497 e. The first kappa shape index (κ1) is 23.6. The minimum absolute atomic E-state index is 0.0933. The fourth-order valence-electron chi connectivity index (χ4n) is 4.14. The third-order valence-electron chi connectivity index (χ3n) is 6.12. The Morgan fingerprint density at radius 1 is 0.969 bits per heavy atom. The molecule has 172 valence electrons. The number of carbonyl (C=O) groups is 2. The van der Waals surface area contributed by atoms with Crippen LogP contribution in [0.3, 0.4) is 0 Å². The molecule has 0 heterocycles. The molecule has 1 atom stereocenters. The number of benzene rings is 2. The van der Waals surface area contributed by atoms with Gasteiger partial charge in [0.2, 0.25) is 11.8 Å².